The minimum Gasteiger partial charge on any atom is -0.478 e. The third-order valence-electron chi connectivity index (χ3n) is 2.27. The summed E-state index contributed by atoms with van der Waals surface area (Å²) >= 11 is 0. The number of carbonyl (C=O) groups excluding carboxylic acids is 2. The maximum atomic E-state index is 11.5. The Morgan fingerprint density at radius 3 is 2.53 bits per heavy atom. The minimum atomic E-state index is -1.08. The van der Waals surface area contributed by atoms with Crippen LogP contribution in [-0.2, 0) is 4.79 Å². The minimum absolute atomic E-state index is 0.0715. The number of nitrogens with one attached hydrogen (secondary N) is 2. The van der Waals surface area contributed by atoms with E-state index in [9.17, 15) is 14.4 Å². The summed E-state index contributed by atoms with van der Waals surface area (Å²) in [6.45, 7) is -0.128. The van der Waals surface area contributed by atoms with Crippen LogP contribution in [0.15, 0.2) is 24.3 Å². The lowest BCUT2D eigenvalue weighted by Gasteiger charge is -2.11. The highest BCUT2D eigenvalue weighted by Crippen LogP contribution is 2.10. The lowest BCUT2D eigenvalue weighted by atomic mass is 10.2. The monoisotopic (exact) mass is 265 g/mol. The van der Waals surface area contributed by atoms with Gasteiger partial charge in [0.15, 0.2) is 0 Å². The smallest absolute Gasteiger partial charge is 0.335 e. The van der Waals surface area contributed by atoms with E-state index in [-0.39, 0.29) is 18.0 Å². The van der Waals surface area contributed by atoms with Crippen molar-refractivity contribution in [2.45, 2.75) is 0 Å². The predicted octanol–water partition coefficient (Wildman–Crippen LogP) is 0.594. The molecule has 102 valence electrons. The molecule has 7 heteroatoms. The summed E-state index contributed by atoms with van der Waals surface area (Å²) in [5.74, 6) is -1.32. The normalized spacial score (nSPS) is 9.58. The van der Waals surface area contributed by atoms with E-state index in [1.165, 1.54) is 23.1 Å². The largest absolute Gasteiger partial charge is 0.478 e. The van der Waals surface area contributed by atoms with Gasteiger partial charge in [0.05, 0.1) is 12.1 Å². The van der Waals surface area contributed by atoms with Crippen molar-refractivity contribution in [3.8, 4) is 0 Å². The molecule has 0 aliphatic carbocycles. The summed E-state index contributed by atoms with van der Waals surface area (Å²) in [6.07, 6.45) is 0. The van der Waals surface area contributed by atoms with E-state index in [4.69, 9.17) is 5.11 Å². The Bertz CT molecular complexity index is 500. The molecule has 3 amide bonds. The highest BCUT2D eigenvalue weighted by molar-refractivity contribution is 5.94. The van der Waals surface area contributed by atoms with Gasteiger partial charge in [0.25, 0.3) is 0 Å². The Kier molecular flexibility index (Phi) is 4.87. The number of hydrogen-bond acceptors (Lipinski definition) is 3. The van der Waals surface area contributed by atoms with Crippen molar-refractivity contribution in [1.82, 2.24) is 10.2 Å². The number of likely N-dealkylation sites (N-methyl/N-ethyl adjacent to an activating group) is 1. The van der Waals surface area contributed by atoms with Crippen LogP contribution in [0.1, 0.15) is 10.4 Å². The number of urea groups is 1. The number of rotatable bonds is 4. The van der Waals surface area contributed by atoms with E-state index in [1.807, 2.05) is 0 Å². The second-order valence-electron chi connectivity index (χ2n) is 3.98. The van der Waals surface area contributed by atoms with Crippen molar-refractivity contribution in [3.63, 3.8) is 0 Å². The van der Waals surface area contributed by atoms with Gasteiger partial charge >= 0.3 is 12.0 Å². The lowest BCUT2D eigenvalue weighted by molar-refractivity contribution is -0.127. The van der Waals surface area contributed by atoms with E-state index in [0.717, 1.165) is 0 Å². The Morgan fingerprint density at radius 1 is 1.26 bits per heavy atom. The summed E-state index contributed by atoms with van der Waals surface area (Å²) in [6, 6.07) is 5.25. The number of carboxylic acids is 1. The van der Waals surface area contributed by atoms with Gasteiger partial charge in [-0.1, -0.05) is 6.07 Å². The van der Waals surface area contributed by atoms with E-state index in [2.05, 4.69) is 10.6 Å². The fraction of sp³-hybridized carbons (Fsp3) is 0.250. The lowest BCUT2D eigenvalue weighted by Crippen LogP contribution is -2.38. The van der Waals surface area contributed by atoms with Gasteiger partial charge in [0, 0.05) is 19.8 Å². The molecule has 0 heterocycles. The third-order valence-corrected chi connectivity index (χ3v) is 2.27. The number of anilines is 1. The summed E-state index contributed by atoms with van der Waals surface area (Å²) in [5, 5.41) is 13.6. The second kappa shape index (κ2) is 6.39. The summed E-state index contributed by atoms with van der Waals surface area (Å²) in [7, 11) is 3.16. The maximum Gasteiger partial charge on any atom is 0.335 e. The summed E-state index contributed by atoms with van der Waals surface area (Å²) in [4.78, 5) is 34.8. The average Bonchev–Trinajstić information content (AvgIpc) is 2.36. The first-order chi connectivity index (χ1) is 8.90. The Balaban J connectivity index is 2.55. The van der Waals surface area contributed by atoms with E-state index in [0.29, 0.717) is 5.69 Å². The van der Waals surface area contributed by atoms with Gasteiger partial charge in [0.1, 0.15) is 0 Å². The highest BCUT2D eigenvalue weighted by Gasteiger charge is 2.08. The van der Waals surface area contributed by atoms with Crippen LogP contribution in [0.4, 0.5) is 10.5 Å². The number of nitrogens with zero attached hydrogens (tertiary/aromatic N) is 1. The molecule has 7 nitrogen and oxygen atoms in total. The molecule has 1 aromatic carbocycles. The van der Waals surface area contributed by atoms with Crippen molar-refractivity contribution in [2.24, 2.45) is 0 Å². The zero-order valence-corrected chi connectivity index (χ0v) is 10.6. The molecule has 0 saturated carbocycles. The van der Waals surface area contributed by atoms with Gasteiger partial charge in [0.2, 0.25) is 5.91 Å². The van der Waals surface area contributed by atoms with Crippen molar-refractivity contribution in [1.29, 1.82) is 0 Å². The van der Waals surface area contributed by atoms with E-state index in [1.54, 1.807) is 20.2 Å². The maximum absolute atomic E-state index is 11.5. The van der Waals surface area contributed by atoms with Gasteiger partial charge in [-0.15, -0.1) is 0 Å². The van der Waals surface area contributed by atoms with Gasteiger partial charge in [-0.3, -0.25) is 4.79 Å². The molecule has 0 saturated heterocycles. The zero-order chi connectivity index (χ0) is 14.4. The molecule has 1 aromatic rings. The molecular weight excluding hydrogens is 250 g/mol. The first-order valence-corrected chi connectivity index (χ1v) is 5.48. The number of carboxylic acid groups (broad SMARTS) is 1. The first-order valence-electron chi connectivity index (χ1n) is 5.48. The van der Waals surface area contributed by atoms with Crippen LogP contribution in [0.3, 0.4) is 0 Å². The fourth-order valence-electron chi connectivity index (χ4n) is 1.22. The number of benzene rings is 1. The van der Waals surface area contributed by atoms with Gasteiger partial charge in [-0.25, -0.2) is 9.59 Å². The Morgan fingerprint density at radius 2 is 1.95 bits per heavy atom. The van der Waals surface area contributed by atoms with Gasteiger partial charge in [-0.05, 0) is 18.2 Å². The summed E-state index contributed by atoms with van der Waals surface area (Å²) in [5.41, 5.74) is 0.414. The van der Waals surface area contributed by atoms with Crippen LogP contribution in [0.2, 0.25) is 0 Å². The quantitative estimate of drug-likeness (QED) is 0.742. The molecule has 0 fully saturated rings. The number of hydrogen-bond donors (Lipinski definition) is 3. The van der Waals surface area contributed by atoms with Gasteiger partial charge in [-0.2, -0.15) is 0 Å². The molecule has 0 radical (unpaired) electrons. The standard InChI is InChI=1S/C12H15N3O4/c1-15(2)10(16)7-13-12(19)14-9-5-3-4-8(6-9)11(17)18/h3-6H,7H2,1-2H3,(H,17,18)(H2,13,14,19). The molecule has 0 aromatic heterocycles. The molecule has 0 aliphatic heterocycles. The highest BCUT2D eigenvalue weighted by atomic mass is 16.4. The van der Waals surface area contributed by atoms with Crippen molar-refractivity contribution >= 4 is 23.6 Å². The van der Waals surface area contributed by atoms with Crippen molar-refractivity contribution < 1.29 is 19.5 Å². The van der Waals surface area contributed by atoms with Crippen LogP contribution >= 0.6 is 0 Å². The fourth-order valence-corrected chi connectivity index (χ4v) is 1.22. The molecule has 0 bridgehead atoms. The van der Waals surface area contributed by atoms with E-state index < -0.39 is 12.0 Å². The molecule has 0 aliphatic rings. The zero-order valence-electron chi connectivity index (χ0n) is 10.6. The SMILES string of the molecule is CN(C)C(=O)CNC(=O)Nc1cccc(C(=O)O)c1. The first kappa shape index (κ1) is 14.5. The topological polar surface area (TPSA) is 98.7 Å². The molecule has 0 atom stereocenters. The number of amides is 3. The van der Waals surface area contributed by atoms with Crippen LogP contribution in [0.25, 0.3) is 0 Å². The molecule has 1 rings (SSSR count). The molecule has 3 N–H and O–H groups in total. The van der Waals surface area contributed by atoms with Crippen LogP contribution < -0.4 is 10.6 Å². The van der Waals surface area contributed by atoms with E-state index >= 15 is 0 Å². The van der Waals surface area contributed by atoms with Crippen LogP contribution in [-0.4, -0.2) is 48.6 Å². The Labute approximate surface area is 110 Å². The predicted molar refractivity (Wildman–Crippen MR) is 69.1 cm³/mol. The molecular formula is C12H15N3O4. The number of carbonyl (C=O) groups is 3. The third kappa shape index (κ3) is 4.66. The summed E-state index contributed by atoms with van der Waals surface area (Å²) < 4.78 is 0. The van der Waals surface area contributed by atoms with Gasteiger partial charge < -0.3 is 20.6 Å². The number of aromatic carboxylic acids is 1. The average molecular weight is 265 g/mol. The van der Waals surface area contributed by atoms with Crippen LogP contribution in [0.5, 0.6) is 0 Å². The molecule has 0 unspecified atom stereocenters. The second-order valence-corrected chi connectivity index (χ2v) is 3.98. The van der Waals surface area contributed by atoms with Crippen LogP contribution in [0, 0.1) is 0 Å². The molecule has 19 heavy (non-hydrogen) atoms. The van der Waals surface area contributed by atoms with Crippen molar-refractivity contribution in [3.05, 3.63) is 29.8 Å². The Hall–Kier alpha value is -2.57. The van der Waals surface area contributed by atoms with Crippen molar-refractivity contribution in [2.75, 3.05) is 26.0 Å². The molecule has 0 spiro atoms.